The monoisotopic (exact) mass is 262 g/mol. The van der Waals surface area contributed by atoms with Crippen molar-refractivity contribution in [2.24, 2.45) is 0 Å². The van der Waals surface area contributed by atoms with Crippen LogP contribution in [-0.2, 0) is 10.1 Å². The number of nitro groups is 1. The van der Waals surface area contributed by atoms with Gasteiger partial charge in [-0.15, -0.1) is 0 Å². The van der Waals surface area contributed by atoms with E-state index in [-0.39, 0.29) is 12.3 Å². The summed E-state index contributed by atoms with van der Waals surface area (Å²) in [6.07, 6.45) is 0. The van der Waals surface area contributed by atoms with Crippen LogP contribution in [0.2, 0.25) is 0 Å². The Kier molecular flexibility index (Phi) is 3.53. The van der Waals surface area contributed by atoms with E-state index in [9.17, 15) is 18.5 Å². The standard InChI is InChI=1S/C8H10N2O6S/c1-2-16-8-6(17(13,14)15)4-3-5(9)7(8)10(11)12/h3-4H,2,9H2,1H3,(H,13,14,15). The van der Waals surface area contributed by atoms with Crippen molar-refractivity contribution < 1.29 is 22.6 Å². The smallest absolute Gasteiger partial charge is 0.335 e. The zero-order valence-corrected chi connectivity index (χ0v) is 9.60. The molecule has 3 N–H and O–H groups in total. The molecule has 0 aliphatic carbocycles. The van der Waals surface area contributed by atoms with Crippen molar-refractivity contribution in [3.63, 3.8) is 0 Å². The molecular weight excluding hydrogens is 252 g/mol. The van der Waals surface area contributed by atoms with Crippen LogP contribution >= 0.6 is 0 Å². The second-order valence-corrected chi connectivity index (χ2v) is 4.39. The third kappa shape index (κ3) is 2.63. The van der Waals surface area contributed by atoms with Crippen LogP contribution in [0.4, 0.5) is 11.4 Å². The number of hydrogen-bond acceptors (Lipinski definition) is 6. The first-order chi connectivity index (χ1) is 7.79. The molecule has 8 nitrogen and oxygen atoms in total. The van der Waals surface area contributed by atoms with Gasteiger partial charge in [0.1, 0.15) is 10.6 Å². The van der Waals surface area contributed by atoms with Gasteiger partial charge in [0, 0.05) is 0 Å². The summed E-state index contributed by atoms with van der Waals surface area (Å²) >= 11 is 0. The first kappa shape index (κ1) is 13.2. The molecule has 0 unspecified atom stereocenters. The minimum absolute atomic E-state index is 0.00713. The van der Waals surface area contributed by atoms with Gasteiger partial charge in [-0.2, -0.15) is 8.42 Å². The molecule has 0 aliphatic heterocycles. The van der Waals surface area contributed by atoms with E-state index in [4.69, 9.17) is 15.0 Å². The van der Waals surface area contributed by atoms with Gasteiger partial charge in [0.15, 0.2) is 0 Å². The summed E-state index contributed by atoms with van der Waals surface area (Å²) in [7, 11) is -4.61. The second-order valence-electron chi connectivity index (χ2n) is 3.00. The molecule has 0 heterocycles. The van der Waals surface area contributed by atoms with Crippen LogP contribution in [0.1, 0.15) is 6.92 Å². The first-order valence-electron chi connectivity index (χ1n) is 4.46. The van der Waals surface area contributed by atoms with Crippen LogP contribution in [0.15, 0.2) is 17.0 Å². The molecule has 9 heteroatoms. The summed E-state index contributed by atoms with van der Waals surface area (Å²) in [5.74, 6) is -0.556. The minimum atomic E-state index is -4.61. The number of nitrogens with zero attached hydrogens (tertiary/aromatic N) is 1. The van der Waals surface area contributed by atoms with Crippen molar-refractivity contribution in [1.82, 2.24) is 0 Å². The summed E-state index contributed by atoms with van der Waals surface area (Å²) in [6, 6.07) is 1.96. The van der Waals surface area contributed by atoms with Gasteiger partial charge in [-0.25, -0.2) is 0 Å². The average molecular weight is 262 g/mol. The van der Waals surface area contributed by atoms with Crippen molar-refractivity contribution >= 4 is 21.5 Å². The van der Waals surface area contributed by atoms with Crippen molar-refractivity contribution in [2.45, 2.75) is 11.8 Å². The summed E-state index contributed by atoms with van der Waals surface area (Å²) in [4.78, 5) is 9.22. The minimum Gasteiger partial charge on any atom is -0.486 e. The molecule has 0 aromatic heterocycles. The van der Waals surface area contributed by atoms with Crippen LogP contribution in [0, 0.1) is 10.1 Å². The largest absolute Gasteiger partial charge is 0.486 e. The lowest BCUT2D eigenvalue weighted by Crippen LogP contribution is -2.08. The Labute approximate surface area is 96.9 Å². The van der Waals surface area contributed by atoms with Crippen molar-refractivity contribution in [3.05, 3.63) is 22.2 Å². The highest BCUT2D eigenvalue weighted by molar-refractivity contribution is 7.86. The summed E-state index contributed by atoms with van der Waals surface area (Å²) < 4.78 is 35.9. The Morgan fingerprint density at radius 2 is 2.12 bits per heavy atom. The number of benzene rings is 1. The maximum absolute atomic E-state index is 11.0. The van der Waals surface area contributed by atoms with E-state index in [1.807, 2.05) is 0 Å². The zero-order valence-electron chi connectivity index (χ0n) is 8.78. The van der Waals surface area contributed by atoms with Gasteiger partial charge in [0.25, 0.3) is 10.1 Å². The van der Waals surface area contributed by atoms with Gasteiger partial charge >= 0.3 is 5.69 Å². The summed E-state index contributed by atoms with van der Waals surface area (Å²) in [5, 5.41) is 10.8. The van der Waals surface area contributed by atoms with Crippen molar-refractivity contribution in [1.29, 1.82) is 0 Å². The van der Waals surface area contributed by atoms with Gasteiger partial charge in [-0.3, -0.25) is 14.7 Å². The lowest BCUT2D eigenvalue weighted by molar-refractivity contribution is -0.385. The third-order valence-electron chi connectivity index (χ3n) is 1.88. The first-order valence-corrected chi connectivity index (χ1v) is 5.90. The molecular formula is C8H10N2O6S. The van der Waals surface area contributed by atoms with Gasteiger partial charge in [-0.1, -0.05) is 0 Å². The highest BCUT2D eigenvalue weighted by Gasteiger charge is 2.28. The predicted molar refractivity (Wildman–Crippen MR) is 58.5 cm³/mol. The molecule has 0 bridgehead atoms. The molecule has 0 spiro atoms. The summed E-state index contributed by atoms with van der Waals surface area (Å²) in [6.45, 7) is 1.51. The Balaban J connectivity index is 3.65. The molecule has 0 atom stereocenters. The normalized spacial score (nSPS) is 11.2. The fourth-order valence-corrected chi connectivity index (χ4v) is 1.87. The molecule has 0 aliphatic rings. The molecule has 0 saturated carbocycles. The van der Waals surface area contributed by atoms with Gasteiger partial charge in [0.2, 0.25) is 5.75 Å². The lowest BCUT2D eigenvalue weighted by Gasteiger charge is -2.09. The molecule has 0 saturated heterocycles. The Morgan fingerprint density at radius 1 is 1.53 bits per heavy atom. The third-order valence-corrected chi connectivity index (χ3v) is 2.75. The molecule has 94 valence electrons. The SMILES string of the molecule is CCOc1c(S(=O)(=O)O)ccc(N)c1[N+](=O)[O-]. The molecule has 0 fully saturated rings. The molecule has 1 aromatic carbocycles. The number of hydrogen-bond donors (Lipinski definition) is 2. The van der Waals surface area contributed by atoms with Crippen LogP contribution in [0.5, 0.6) is 5.75 Å². The van der Waals surface area contributed by atoms with Crippen LogP contribution in [0.25, 0.3) is 0 Å². The zero-order chi connectivity index (χ0) is 13.2. The predicted octanol–water partition coefficient (Wildman–Crippen LogP) is 0.822. The van der Waals surface area contributed by atoms with E-state index in [0.717, 1.165) is 12.1 Å². The number of nitrogen functional groups attached to an aromatic ring is 1. The van der Waals surface area contributed by atoms with Crippen LogP contribution in [0.3, 0.4) is 0 Å². The number of nitro benzene ring substituents is 1. The van der Waals surface area contributed by atoms with E-state index in [1.54, 1.807) is 0 Å². The van der Waals surface area contributed by atoms with Gasteiger partial charge in [-0.05, 0) is 19.1 Å². The van der Waals surface area contributed by atoms with E-state index in [2.05, 4.69) is 0 Å². The van der Waals surface area contributed by atoms with E-state index in [1.165, 1.54) is 6.92 Å². The van der Waals surface area contributed by atoms with Crippen LogP contribution in [-0.4, -0.2) is 24.5 Å². The van der Waals surface area contributed by atoms with Gasteiger partial charge in [0.05, 0.1) is 11.5 Å². The van der Waals surface area contributed by atoms with Gasteiger partial charge < -0.3 is 10.5 Å². The van der Waals surface area contributed by atoms with Crippen molar-refractivity contribution in [2.75, 3.05) is 12.3 Å². The highest BCUT2D eigenvalue weighted by Crippen LogP contribution is 2.38. The number of rotatable bonds is 4. The Bertz CT molecular complexity index is 553. The average Bonchev–Trinajstić information content (AvgIpc) is 2.15. The number of nitrogens with two attached hydrogens (primary N) is 1. The molecule has 17 heavy (non-hydrogen) atoms. The highest BCUT2D eigenvalue weighted by atomic mass is 32.2. The number of ether oxygens (including phenoxy) is 1. The maximum atomic E-state index is 11.0. The van der Waals surface area contributed by atoms with Crippen molar-refractivity contribution in [3.8, 4) is 5.75 Å². The fraction of sp³-hybridized carbons (Fsp3) is 0.250. The molecule has 0 radical (unpaired) electrons. The Hall–Kier alpha value is -1.87. The van der Waals surface area contributed by atoms with E-state index >= 15 is 0 Å². The van der Waals surface area contributed by atoms with E-state index in [0.29, 0.717) is 0 Å². The number of anilines is 1. The lowest BCUT2D eigenvalue weighted by atomic mass is 10.2. The Morgan fingerprint density at radius 3 is 2.53 bits per heavy atom. The van der Waals surface area contributed by atoms with Crippen LogP contribution < -0.4 is 10.5 Å². The summed E-state index contributed by atoms with van der Waals surface area (Å²) in [5.41, 5.74) is 4.44. The maximum Gasteiger partial charge on any atom is 0.335 e. The molecule has 1 rings (SSSR count). The fourth-order valence-electron chi connectivity index (χ4n) is 1.24. The topological polar surface area (TPSA) is 133 Å². The molecule has 1 aromatic rings. The van der Waals surface area contributed by atoms with E-state index < -0.39 is 31.4 Å². The second kappa shape index (κ2) is 4.55. The quantitative estimate of drug-likeness (QED) is 0.355. The molecule has 0 amide bonds.